The summed E-state index contributed by atoms with van der Waals surface area (Å²) in [6, 6.07) is 14.6. The van der Waals surface area contributed by atoms with Gasteiger partial charge in [-0.1, -0.05) is 62.7 Å². The number of fused-ring (bicyclic) bond motifs is 1. The Morgan fingerprint density at radius 1 is 0.935 bits per heavy atom. The van der Waals surface area contributed by atoms with E-state index < -0.39 is 36.6 Å². The lowest BCUT2D eigenvalue weighted by atomic mass is 9.99. The summed E-state index contributed by atoms with van der Waals surface area (Å²) in [6.07, 6.45) is -0.169. The number of amides is 3. The van der Waals surface area contributed by atoms with Gasteiger partial charge in [0, 0.05) is 0 Å². The lowest BCUT2D eigenvalue weighted by molar-refractivity contribution is -0.150. The molecule has 31 heavy (non-hydrogen) atoms. The van der Waals surface area contributed by atoms with Gasteiger partial charge in [0.25, 0.3) is 11.8 Å². The van der Waals surface area contributed by atoms with Gasteiger partial charge in [0.2, 0.25) is 0 Å². The molecule has 1 N–H and O–H groups in total. The molecule has 3 rings (SSSR count). The van der Waals surface area contributed by atoms with Crippen molar-refractivity contribution in [2.24, 2.45) is 5.92 Å². The minimum atomic E-state index is -0.983. The normalized spacial score (nSPS) is 14.6. The number of carbonyl (C=O) groups excluding carboxylic acids is 4. The second-order valence-corrected chi connectivity index (χ2v) is 7.25. The maximum absolute atomic E-state index is 12.7. The molecule has 2 aromatic rings. The fraction of sp³-hybridized carbons (Fsp3) is 0.304. The zero-order chi connectivity index (χ0) is 22.4. The molecule has 0 saturated heterocycles. The summed E-state index contributed by atoms with van der Waals surface area (Å²) in [4.78, 5) is 50.5. The number of nitrogens with one attached hydrogen (secondary N) is 1. The third kappa shape index (κ3) is 5.09. The minimum Gasteiger partial charge on any atom is -0.445 e. The number of nitrogens with zero attached hydrogens (tertiary/aromatic N) is 1. The fourth-order valence-electron chi connectivity index (χ4n) is 3.14. The van der Waals surface area contributed by atoms with Gasteiger partial charge in [-0.2, -0.15) is 0 Å². The van der Waals surface area contributed by atoms with Crippen LogP contribution in [-0.2, 0) is 20.9 Å². The van der Waals surface area contributed by atoms with Crippen LogP contribution in [0.2, 0.25) is 0 Å². The Labute approximate surface area is 180 Å². The summed E-state index contributed by atoms with van der Waals surface area (Å²) in [6.45, 7) is 3.18. The summed E-state index contributed by atoms with van der Waals surface area (Å²) in [5.74, 6) is -2.05. The number of hydrogen-bond donors (Lipinski definition) is 1. The van der Waals surface area contributed by atoms with Gasteiger partial charge in [-0.3, -0.25) is 9.59 Å². The Bertz CT molecular complexity index is 940. The molecule has 0 aromatic heterocycles. The van der Waals surface area contributed by atoms with Crippen molar-refractivity contribution in [3.63, 3.8) is 0 Å². The molecule has 0 bridgehead atoms. The first-order valence-corrected chi connectivity index (χ1v) is 10.0. The van der Waals surface area contributed by atoms with Crippen molar-refractivity contribution < 1.29 is 28.7 Å². The SMILES string of the molecule is CC[C@@H](C)[C@H](NC(=O)OCc1ccccc1)C(=O)OCN1C(=O)c2ccccc2C1=O. The largest absolute Gasteiger partial charge is 0.445 e. The molecule has 0 unspecified atom stereocenters. The van der Waals surface area contributed by atoms with Crippen molar-refractivity contribution >= 4 is 23.9 Å². The van der Waals surface area contributed by atoms with Gasteiger partial charge in [-0.05, 0) is 23.6 Å². The maximum Gasteiger partial charge on any atom is 0.408 e. The highest BCUT2D eigenvalue weighted by molar-refractivity contribution is 6.21. The number of benzene rings is 2. The van der Waals surface area contributed by atoms with Gasteiger partial charge in [0.15, 0.2) is 6.73 Å². The number of hydrogen-bond acceptors (Lipinski definition) is 6. The molecule has 0 aliphatic carbocycles. The van der Waals surface area contributed by atoms with E-state index in [1.54, 1.807) is 31.2 Å². The average Bonchev–Trinajstić information content (AvgIpc) is 3.04. The molecule has 1 aliphatic rings. The smallest absolute Gasteiger partial charge is 0.408 e. The van der Waals surface area contributed by atoms with Crippen LogP contribution in [-0.4, -0.2) is 41.5 Å². The molecular formula is C23H24N2O6. The Morgan fingerprint density at radius 2 is 1.52 bits per heavy atom. The van der Waals surface area contributed by atoms with E-state index in [0.717, 1.165) is 10.5 Å². The molecule has 0 saturated carbocycles. The summed E-state index contributed by atoms with van der Waals surface area (Å²) in [5.41, 5.74) is 1.35. The van der Waals surface area contributed by atoms with Crippen LogP contribution in [0.15, 0.2) is 54.6 Å². The minimum absolute atomic E-state index is 0.0595. The van der Waals surface area contributed by atoms with Crippen LogP contribution in [0.4, 0.5) is 4.79 Å². The molecule has 0 spiro atoms. The van der Waals surface area contributed by atoms with Crippen LogP contribution in [0.1, 0.15) is 46.5 Å². The average molecular weight is 424 g/mol. The van der Waals surface area contributed by atoms with Crippen molar-refractivity contribution in [3.05, 3.63) is 71.3 Å². The highest BCUT2D eigenvalue weighted by Gasteiger charge is 2.37. The predicted molar refractivity (Wildman–Crippen MR) is 111 cm³/mol. The molecular weight excluding hydrogens is 400 g/mol. The van der Waals surface area contributed by atoms with Crippen molar-refractivity contribution in [2.45, 2.75) is 32.9 Å². The van der Waals surface area contributed by atoms with Gasteiger partial charge in [0.1, 0.15) is 12.6 Å². The molecule has 2 atom stereocenters. The van der Waals surface area contributed by atoms with Gasteiger partial charge in [0.05, 0.1) is 11.1 Å². The van der Waals surface area contributed by atoms with Crippen LogP contribution >= 0.6 is 0 Å². The van der Waals surface area contributed by atoms with E-state index >= 15 is 0 Å². The molecule has 0 radical (unpaired) electrons. The zero-order valence-electron chi connectivity index (χ0n) is 17.4. The van der Waals surface area contributed by atoms with Crippen LogP contribution in [0.3, 0.4) is 0 Å². The molecule has 8 heteroatoms. The van der Waals surface area contributed by atoms with E-state index in [0.29, 0.717) is 6.42 Å². The molecule has 0 fully saturated rings. The number of ether oxygens (including phenoxy) is 2. The number of alkyl carbamates (subject to hydrolysis) is 1. The lowest BCUT2D eigenvalue weighted by Crippen LogP contribution is -2.47. The molecule has 3 amide bonds. The third-order valence-electron chi connectivity index (χ3n) is 5.17. The van der Waals surface area contributed by atoms with Crippen LogP contribution < -0.4 is 5.32 Å². The second kappa shape index (κ2) is 9.88. The van der Waals surface area contributed by atoms with Gasteiger partial charge >= 0.3 is 12.1 Å². The summed E-state index contributed by atoms with van der Waals surface area (Å²) in [7, 11) is 0. The van der Waals surface area contributed by atoms with Gasteiger partial charge in [-0.15, -0.1) is 0 Å². The second-order valence-electron chi connectivity index (χ2n) is 7.25. The zero-order valence-corrected chi connectivity index (χ0v) is 17.4. The standard InChI is InChI=1S/C23H24N2O6/c1-3-15(2)19(24-23(29)30-13-16-9-5-4-6-10-16)22(28)31-14-25-20(26)17-11-7-8-12-18(17)21(25)27/h4-12,15,19H,3,13-14H2,1-2H3,(H,24,29)/t15-,19+/m1/s1. The summed E-state index contributed by atoms with van der Waals surface area (Å²) in [5, 5.41) is 2.53. The van der Waals surface area contributed by atoms with E-state index in [2.05, 4.69) is 5.32 Å². The first-order valence-electron chi connectivity index (χ1n) is 10.0. The third-order valence-corrected chi connectivity index (χ3v) is 5.17. The molecule has 8 nitrogen and oxygen atoms in total. The van der Waals surface area contributed by atoms with Crippen LogP contribution in [0, 0.1) is 5.92 Å². The van der Waals surface area contributed by atoms with Crippen LogP contribution in [0.5, 0.6) is 0 Å². The van der Waals surface area contributed by atoms with E-state index in [1.807, 2.05) is 37.3 Å². The van der Waals surface area contributed by atoms with Gasteiger partial charge < -0.3 is 14.8 Å². The molecule has 162 valence electrons. The number of imide groups is 1. The Kier molecular flexibility index (Phi) is 7.02. The number of carbonyl (C=O) groups is 4. The number of esters is 1. The lowest BCUT2D eigenvalue weighted by Gasteiger charge is -2.23. The van der Waals surface area contributed by atoms with E-state index in [-0.39, 0.29) is 23.7 Å². The molecule has 1 heterocycles. The van der Waals surface area contributed by atoms with Crippen molar-refractivity contribution in [1.29, 1.82) is 0 Å². The monoisotopic (exact) mass is 424 g/mol. The first kappa shape index (κ1) is 22.0. The van der Waals surface area contributed by atoms with E-state index in [4.69, 9.17) is 9.47 Å². The first-order chi connectivity index (χ1) is 14.9. The quantitative estimate of drug-likeness (QED) is 0.516. The maximum atomic E-state index is 12.7. The fourth-order valence-corrected chi connectivity index (χ4v) is 3.14. The highest BCUT2D eigenvalue weighted by Crippen LogP contribution is 2.22. The molecule has 2 aromatic carbocycles. The Balaban J connectivity index is 1.58. The van der Waals surface area contributed by atoms with Crippen LogP contribution in [0.25, 0.3) is 0 Å². The van der Waals surface area contributed by atoms with E-state index in [1.165, 1.54) is 0 Å². The summed E-state index contributed by atoms with van der Waals surface area (Å²) < 4.78 is 10.4. The predicted octanol–water partition coefficient (Wildman–Crippen LogP) is 3.12. The van der Waals surface area contributed by atoms with Crippen molar-refractivity contribution in [1.82, 2.24) is 10.2 Å². The Morgan fingerprint density at radius 3 is 2.10 bits per heavy atom. The number of rotatable bonds is 8. The van der Waals surface area contributed by atoms with Crippen molar-refractivity contribution in [3.8, 4) is 0 Å². The molecule has 1 aliphatic heterocycles. The van der Waals surface area contributed by atoms with Crippen molar-refractivity contribution in [2.75, 3.05) is 6.73 Å². The summed E-state index contributed by atoms with van der Waals surface area (Å²) >= 11 is 0. The van der Waals surface area contributed by atoms with E-state index in [9.17, 15) is 19.2 Å². The Hall–Kier alpha value is -3.68. The van der Waals surface area contributed by atoms with Gasteiger partial charge in [-0.25, -0.2) is 14.5 Å². The topological polar surface area (TPSA) is 102 Å². The highest BCUT2D eigenvalue weighted by atomic mass is 16.6.